The van der Waals surface area contributed by atoms with E-state index >= 15 is 0 Å². The second kappa shape index (κ2) is 6.00. The van der Waals surface area contributed by atoms with E-state index in [-0.39, 0.29) is 5.91 Å². The normalized spacial score (nSPS) is 14.2. The summed E-state index contributed by atoms with van der Waals surface area (Å²) in [6, 6.07) is 3.35. The predicted molar refractivity (Wildman–Crippen MR) is 73.9 cm³/mol. The van der Waals surface area contributed by atoms with Crippen molar-refractivity contribution in [1.29, 1.82) is 0 Å². The Balaban J connectivity index is 2.19. The van der Waals surface area contributed by atoms with Gasteiger partial charge in [0, 0.05) is 19.3 Å². The van der Waals surface area contributed by atoms with E-state index < -0.39 is 0 Å². The minimum Gasteiger partial charge on any atom is -0.457 e. The molecule has 0 unspecified atom stereocenters. The lowest BCUT2D eigenvalue weighted by atomic mass is 10.2. The van der Waals surface area contributed by atoms with Gasteiger partial charge in [-0.25, -0.2) is 0 Å². The Hall–Kier alpha value is -2.36. The van der Waals surface area contributed by atoms with Crippen molar-refractivity contribution in [2.45, 2.75) is 13.3 Å². The lowest BCUT2D eigenvalue weighted by molar-refractivity contribution is 0.0958. The molecule has 0 aromatic carbocycles. The van der Waals surface area contributed by atoms with Gasteiger partial charge in [-0.3, -0.25) is 9.78 Å². The smallest absolute Gasteiger partial charge is 0.269 e. The Morgan fingerprint density at radius 2 is 2.32 bits per heavy atom. The standard InChI is InChI=1S/C15H16N2O2/c1-11-5-3-4-6-12(9-11)19-13-7-8-17-14(10-13)15(18)16-2/h4-10H,3H2,1-2H3,(H,16,18). The van der Waals surface area contributed by atoms with E-state index in [4.69, 9.17) is 4.74 Å². The number of pyridine rings is 1. The van der Waals surface area contributed by atoms with Crippen LogP contribution in [0.25, 0.3) is 0 Å². The van der Waals surface area contributed by atoms with Gasteiger partial charge in [0.1, 0.15) is 17.2 Å². The molecule has 0 atom stereocenters. The van der Waals surface area contributed by atoms with Gasteiger partial charge < -0.3 is 10.1 Å². The van der Waals surface area contributed by atoms with Gasteiger partial charge in [0.2, 0.25) is 0 Å². The summed E-state index contributed by atoms with van der Waals surface area (Å²) in [4.78, 5) is 15.5. The maximum absolute atomic E-state index is 11.5. The molecule has 1 amide bonds. The fraction of sp³-hybridized carbons (Fsp3) is 0.200. The zero-order chi connectivity index (χ0) is 13.7. The van der Waals surface area contributed by atoms with Crippen molar-refractivity contribution in [3.63, 3.8) is 0 Å². The first-order valence-corrected chi connectivity index (χ1v) is 6.10. The van der Waals surface area contributed by atoms with Crippen LogP contribution in [0.1, 0.15) is 23.8 Å². The lowest BCUT2D eigenvalue weighted by Crippen LogP contribution is -2.19. The molecule has 1 aromatic heterocycles. The first-order chi connectivity index (χ1) is 9.19. The summed E-state index contributed by atoms with van der Waals surface area (Å²) in [5.41, 5.74) is 1.49. The van der Waals surface area contributed by atoms with Crippen LogP contribution in [0, 0.1) is 0 Å². The highest BCUT2D eigenvalue weighted by atomic mass is 16.5. The van der Waals surface area contributed by atoms with Crippen LogP contribution in [0.2, 0.25) is 0 Å². The van der Waals surface area contributed by atoms with Gasteiger partial charge in [0.15, 0.2) is 0 Å². The summed E-state index contributed by atoms with van der Waals surface area (Å²) < 4.78 is 5.75. The van der Waals surface area contributed by atoms with Crippen molar-refractivity contribution < 1.29 is 9.53 Å². The summed E-state index contributed by atoms with van der Waals surface area (Å²) >= 11 is 0. The highest BCUT2D eigenvalue weighted by Gasteiger charge is 2.07. The van der Waals surface area contributed by atoms with Crippen LogP contribution in [-0.4, -0.2) is 17.9 Å². The number of hydrogen-bond donors (Lipinski definition) is 1. The van der Waals surface area contributed by atoms with Crippen LogP contribution in [0.3, 0.4) is 0 Å². The second-order valence-corrected chi connectivity index (χ2v) is 4.19. The number of nitrogens with one attached hydrogen (secondary N) is 1. The van der Waals surface area contributed by atoms with Gasteiger partial charge in [-0.05, 0) is 31.6 Å². The molecule has 4 heteroatoms. The van der Waals surface area contributed by atoms with E-state index in [1.807, 2.05) is 25.2 Å². The van der Waals surface area contributed by atoms with Gasteiger partial charge in [0.05, 0.1) is 0 Å². The third-order valence-electron chi connectivity index (χ3n) is 2.65. The molecule has 98 valence electrons. The Kier molecular flexibility index (Phi) is 4.13. The summed E-state index contributed by atoms with van der Waals surface area (Å²) in [7, 11) is 1.57. The predicted octanol–water partition coefficient (Wildman–Crippen LogP) is 2.61. The lowest BCUT2D eigenvalue weighted by Gasteiger charge is -2.07. The van der Waals surface area contributed by atoms with E-state index in [0.29, 0.717) is 11.4 Å². The third-order valence-corrected chi connectivity index (χ3v) is 2.65. The second-order valence-electron chi connectivity index (χ2n) is 4.19. The van der Waals surface area contributed by atoms with Crippen molar-refractivity contribution >= 4 is 5.91 Å². The van der Waals surface area contributed by atoms with Crippen molar-refractivity contribution in [3.8, 4) is 5.75 Å². The molecule has 0 radical (unpaired) electrons. The Labute approximate surface area is 112 Å². The number of amides is 1. The minimum absolute atomic E-state index is 0.230. The van der Waals surface area contributed by atoms with Gasteiger partial charge in [0.25, 0.3) is 5.91 Å². The maximum Gasteiger partial charge on any atom is 0.269 e. The zero-order valence-electron chi connectivity index (χ0n) is 11.0. The molecule has 2 rings (SSSR count). The quantitative estimate of drug-likeness (QED) is 0.904. The minimum atomic E-state index is -0.230. The van der Waals surface area contributed by atoms with E-state index in [1.54, 1.807) is 25.4 Å². The molecule has 1 heterocycles. The molecule has 1 N–H and O–H groups in total. The molecule has 1 aliphatic carbocycles. The summed E-state index contributed by atoms with van der Waals surface area (Å²) in [6.07, 6.45) is 10.5. The molecule has 0 fully saturated rings. The van der Waals surface area contributed by atoms with Gasteiger partial charge in [-0.2, -0.15) is 0 Å². The third kappa shape index (κ3) is 3.55. The summed E-state index contributed by atoms with van der Waals surface area (Å²) in [6.45, 7) is 2.03. The molecule has 0 saturated carbocycles. The monoisotopic (exact) mass is 256 g/mol. The fourth-order valence-corrected chi connectivity index (χ4v) is 1.70. The molecule has 1 aromatic rings. The number of hydrogen-bond acceptors (Lipinski definition) is 3. The Bertz CT molecular complexity index is 571. The van der Waals surface area contributed by atoms with Crippen LogP contribution >= 0.6 is 0 Å². The molecule has 1 aliphatic rings. The van der Waals surface area contributed by atoms with E-state index in [9.17, 15) is 4.79 Å². The molecule has 0 bridgehead atoms. The van der Waals surface area contributed by atoms with Crippen molar-refractivity contribution in [1.82, 2.24) is 10.3 Å². The number of aromatic nitrogens is 1. The van der Waals surface area contributed by atoms with E-state index in [1.165, 1.54) is 0 Å². The first kappa shape index (κ1) is 13.1. The number of nitrogens with zero attached hydrogens (tertiary/aromatic N) is 1. The summed E-state index contributed by atoms with van der Waals surface area (Å²) in [5, 5.41) is 2.53. The Morgan fingerprint density at radius 3 is 3.11 bits per heavy atom. The first-order valence-electron chi connectivity index (χ1n) is 6.10. The SMILES string of the molecule is CNC(=O)c1cc(OC2=CC(C)=CCC=C2)ccn1. The van der Waals surface area contributed by atoms with Crippen LogP contribution in [0.5, 0.6) is 5.75 Å². The number of carbonyl (C=O) groups excluding carboxylic acids is 1. The molecule has 4 nitrogen and oxygen atoms in total. The average molecular weight is 256 g/mol. The number of rotatable bonds is 3. The zero-order valence-corrected chi connectivity index (χ0v) is 11.0. The van der Waals surface area contributed by atoms with E-state index in [2.05, 4.69) is 16.4 Å². The highest BCUT2D eigenvalue weighted by Crippen LogP contribution is 2.18. The van der Waals surface area contributed by atoms with Crippen molar-refractivity contribution in [3.05, 3.63) is 59.7 Å². The van der Waals surface area contributed by atoms with Crippen LogP contribution in [0.15, 0.2) is 54.0 Å². The highest BCUT2D eigenvalue weighted by molar-refractivity contribution is 5.92. The molecule has 19 heavy (non-hydrogen) atoms. The van der Waals surface area contributed by atoms with Gasteiger partial charge >= 0.3 is 0 Å². The number of ether oxygens (including phenoxy) is 1. The number of carbonyl (C=O) groups is 1. The topological polar surface area (TPSA) is 51.2 Å². The molecular weight excluding hydrogens is 240 g/mol. The maximum atomic E-state index is 11.5. The molecule has 0 saturated heterocycles. The largest absolute Gasteiger partial charge is 0.457 e. The van der Waals surface area contributed by atoms with Crippen molar-refractivity contribution in [2.24, 2.45) is 0 Å². The molecular formula is C15H16N2O2. The van der Waals surface area contributed by atoms with Gasteiger partial charge in [-0.1, -0.05) is 17.7 Å². The van der Waals surface area contributed by atoms with Crippen molar-refractivity contribution in [2.75, 3.05) is 7.05 Å². The Morgan fingerprint density at radius 1 is 1.47 bits per heavy atom. The summed E-state index contributed by atoms with van der Waals surface area (Å²) in [5.74, 6) is 1.12. The fourth-order valence-electron chi connectivity index (χ4n) is 1.70. The van der Waals surface area contributed by atoms with E-state index in [0.717, 1.165) is 17.8 Å². The average Bonchev–Trinajstić information content (AvgIpc) is 2.62. The van der Waals surface area contributed by atoms with Crippen LogP contribution < -0.4 is 10.1 Å². The van der Waals surface area contributed by atoms with Gasteiger partial charge in [-0.15, -0.1) is 0 Å². The number of allylic oxidation sites excluding steroid dienone is 5. The van der Waals surface area contributed by atoms with Crippen LogP contribution in [-0.2, 0) is 0 Å². The molecule has 0 aliphatic heterocycles. The van der Waals surface area contributed by atoms with Crippen LogP contribution in [0.4, 0.5) is 0 Å². The molecule has 0 spiro atoms.